The smallest absolute Gasteiger partial charge is 0.265 e. The Labute approximate surface area is 172 Å². The molecule has 28 heavy (non-hydrogen) atoms. The zero-order valence-electron chi connectivity index (χ0n) is 14.9. The van der Waals surface area contributed by atoms with Gasteiger partial charge in [-0.3, -0.25) is 9.59 Å². The van der Waals surface area contributed by atoms with Crippen molar-refractivity contribution in [2.75, 3.05) is 26.2 Å². The molecule has 2 aromatic rings. The monoisotopic (exact) mass is 444 g/mol. The summed E-state index contributed by atoms with van der Waals surface area (Å²) in [5.74, 6) is -0.975. The Morgan fingerprint density at radius 2 is 1.57 bits per heavy atom. The molecule has 0 radical (unpaired) electrons. The predicted molar refractivity (Wildman–Crippen MR) is 105 cm³/mol. The molecule has 0 unspecified atom stereocenters. The largest absolute Gasteiger partial charge is 0.364 e. The number of sulfonamides is 1. The normalized spacial score (nSPS) is 15.6. The van der Waals surface area contributed by atoms with Crippen LogP contribution < -0.4 is 5.73 Å². The summed E-state index contributed by atoms with van der Waals surface area (Å²) < 4.78 is 28.3. The molecule has 1 aromatic heterocycles. The van der Waals surface area contributed by atoms with Crippen molar-refractivity contribution in [3.8, 4) is 0 Å². The number of nitrogens with two attached hydrogens (primary N) is 1. The lowest BCUT2D eigenvalue weighted by Gasteiger charge is -2.33. The van der Waals surface area contributed by atoms with E-state index in [0.717, 1.165) is 0 Å². The van der Waals surface area contributed by atoms with Crippen molar-refractivity contribution in [1.82, 2.24) is 13.8 Å². The van der Waals surface area contributed by atoms with Gasteiger partial charge in [-0.15, -0.1) is 0 Å². The molecule has 2 amide bonds. The molecular formula is C17H18Cl2N4O4S. The number of halogens is 2. The van der Waals surface area contributed by atoms with Crippen LogP contribution in [0.2, 0.25) is 10.0 Å². The number of aromatic nitrogens is 1. The van der Waals surface area contributed by atoms with Crippen molar-refractivity contribution >= 4 is 45.0 Å². The van der Waals surface area contributed by atoms with Crippen molar-refractivity contribution in [2.24, 2.45) is 12.8 Å². The number of nitrogens with zero attached hydrogens (tertiary/aromatic N) is 3. The molecule has 3 rings (SSSR count). The summed E-state index contributed by atoms with van der Waals surface area (Å²) in [5, 5.41) is 0.706. The fourth-order valence-electron chi connectivity index (χ4n) is 3.06. The second kappa shape index (κ2) is 7.75. The maximum absolute atomic E-state index is 12.8. The molecule has 0 bridgehead atoms. The van der Waals surface area contributed by atoms with E-state index in [1.165, 1.54) is 39.3 Å². The van der Waals surface area contributed by atoms with Crippen LogP contribution in [0.15, 0.2) is 35.4 Å². The topological polar surface area (TPSA) is 106 Å². The number of carbonyl (C=O) groups is 2. The van der Waals surface area contributed by atoms with Gasteiger partial charge in [0.15, 0.2) is 0 Å². The van der Waals surface area contributed by atoms with E-state index in [9.17, 15) is 18.0 Å². The second-order valence-electron chi connectivity index (χ2n) is 6.39. The molecule has 2 heterocycles. The van der Waals surface area contributed by atoms with Gasteiger partial charge in [0.1, 0.15) is 10.6 Å². The van der Waals surface area contributed by atoms with Crippen molar-refractivity contribution in [1.29, 1.82) is 0 Å². The Bertz CT molecular complexity index is 1020. The maximum atomic E-state index is 12.8. The van der Waals surface area contributed by atoms with Crippen molar-refractivity contribution in [3.05, 3.63) is 51.8 Å². The average molecular weight is 445 g/mol. The third-order valence-corrected chi connectivity index (χ3v) is 6.81. The number of piperazine rings is 1. The van der Waals surface area contributed by atoms with Crippen LogP contribution in [0.5, 0.6) is 0 Å². The fourth-order valence-corrected chi connectivity index (χ4v) is 5.08. The molecular weight excluding hydrogens is 427 g/mol. The molecule has 11 heteroatoms. The lowest BCUT2D eigenvalue weighted by atomic mass is 10.2. The van der Waals surface area contributed by atoms with Gasteiger partial charge in [-0.1, -0.05) is 23.2 Å². The predicted octanol–water partition coefficient (Wildman–Crippen LogP) is 1.58. The third kappa shape index (κ3) is 4.02. The van der Waals surface area contributed by atoms with Crippen LogP contribution in [0.1, 0.15) is 20.8 Å². The van der Waals surface area contributed by atoms with Crippen molar-refractivity contribution in [2.45, 2.75) is 4.90 Å². The number of hydrogen-bond donors (Lipinski definition) is 1. The number of hydrogen-bond acceptors (Lipinski definition) is 4. The molecule has 150 valence electrons. The molecule has 0 saturated carbocycles. The summed E-state index contributed by atoms with van der Waals surface area (Å²) in [6.07, 6.45) is 1.35. The zero-order chi connectivity index (χ0) is 20.6. The van der Waals surface area contributed by atoms with Crippen LogP contribution >= 0.6 is 23.2 Å². The van der Waals surface area contributed by atoms with Crippen molar-refractivity contribution < 1.29 is 18.0 Å². The Hall–Kier alpha value is -2.07. The van der Waals surface area contributed by atoms with E-state index in [4.69, 9.17) is 28.9 Å². The molecule has 1 aliphatic rings. The van der Waals surface area contributed by atoms with Gasteiger partial charge in [0, 0.05) is 55.0 Å². The van der Waals surface area contributed by atoms with Crippen LogP contribution in [-0.2, 0) is 17.1 Å². The number of aryl methyl sites for hydroxylation is 1. The van der Waals surface area contributed by atoms with E-state index in [-0.39, 0.29) is 42.7 Å². The third-order valence-electron chi connectivity index (χ3n) is 4.51. The fraction of sp³-hybridized carbons (Fsp3) is 0.294. The molecule has 0 aliphatic carbocycles. The van der Waals surface area contributed by atoms with Crippen LogP contribution in [0.3, 0.4) is 0 Å². The summed E-state index contributed by atoms with van der Waals surface area (Å²) in [6, 6.07) is 5.83. The quantitative estimate of drug-likeness (QED) is 0.771. The SMILES string of the molecule is Cn1cc(S(=O)(=O)N2CCN(C(=O)c3cc(Cl)cc(Cl)c3)CC2)cc1C(N)=O. The molecule has 1 saturated heterocycles. The van der Waals surface area contributed by atoms with E-state index in [1.54, 1.807) is 11.9 Å². The lowest BCUT2D eigenvalue weighted by molar-refractivity contribution is 0.0697. The number of rotatable bonds is 4. The van der Waals surface area contributed by atoms with E-state index >= 15 is 0 Å². The Kier molecular flexibility index (Phi) is 5.72. The Morgan fingerprint density at radius 1 is 1.00 bits per heavy atom. The molecule has 1 aliphatic heterocycles. The molecule has 0 spiro atoms. The highest BCUT2D eigenvalue weighted by Gasteiger charge is 2.32. The molecule has 8 nitrogen and oxygen atoms in total. The number of carbonyl (C=O) groups excluding carboxylic acids is 2. The maximum Gasteiger partial charge on any atom is 0.265 e. The molecule has 1 aromatic carbocycles. The molecule has 0 atom stereocenters. The van der Waals surface area contributed by atoms with Crippen LogP contribution in [0, 0.1) is 0 Å². The van der Waals surface area contributed by atoms with Crippen molar-refractivity contribution in [3.63, 3.8) is 0 Å². The van der Waals surface area contributed by atoms with E-state index in [1.807, 2.05) is 0 Å². The zero-order valence-corrected chi connectivity index (χ0v) is 17.3. The van der Waals surface area contributed by atoms with Gasteiger partial charge in [-0.2, -0.15) is 4.31 Å². The van der Waals surface area contributed by atoms with E-state index < -0.39 is 15.9 Å². The highest BCUT2D eigenvalue weighted by molar-refractivity contribution is 7.89. The van der Waals surface area contributed by atoms with Gasteiger partial charge >= 0.3 is 0 Å². The van der Waals surface area contributed by atoms with E-state index in [2.05, 4.69) is 0 Å². The van der Waals surface area contributed by atoms with Gasteiger partial charge in [0.2, 0.25) is 10.0 Å². The minimum atomic E-state index is -3.80. The van der Waals surface area contributed by atoms with Crippen LogP contribution in [-0.4, -0.2) is 60.2 Å². The Balaban J connectivity index is 1.73. The first-order valence-electron chi connectivity index (χ1n) is 8.31. The summed E-state index contributed by atoms with van der Waals surface area (Å²) in [7, 11) is -2.25. The van der Waals surface area contributed by atoms with Gasteiger partial charge in [0.25, 0.3) is 11.8 Å². The van der Waals surface area contributed by atoms with Crippen LogP contribution in [0.25, 0.3) is 0 Å². The highest BCUT2D eigenvalue weighted by atomic mass is 35.5. The van der Waals surface area contributed by atoms with Gasteiger partial charge in [0.05, 0.1) is 0 Å². The molecule has 2 N–H and O–H groups in total. The summed E-state index contributed by atoms with van der Waals surface area (Å²) in [5.41, 5.74) is 5.70. The first-order chi connectivity index (χ1) is 13.1. The van der Waals surface area contributed by atoms with Crippen LogP contribution in [0.4, 0.5) is 0 Å². The standard InChI is InChI=1S/C17H18Cl2N4O4S/c1-21-10-14(9-15(21)16(20)24)28(26,27)23-4-2-22(3-5-23)17(25)11-6-12(18)8-13(19)7-11/h6-10H,2-5H2,1H3,(H2,20,24). The Morgan fingerprint density at radius 3 is 2.07 bits per heavy atom. The second-order valence-corrected chi connectivity index (χ2v) is 9.20. The highest BCUT2D eigenvalue weighted by Crippen LogP contribution is 2.23. The average Bonchev–Trinajstić information content (AvgIpc) is 3.03. The molecule has 1 fully saturated rings. The first-order valence-corrected chi connectivity index (χ1v) is 10.5. The van der Waals surface area contributed by atoms with Gasteiger partial charge in [-0.05, 0) is 24.3 Å². The minimum absolute atomic E-state index is 0.00907. The summed E-state index contributed by atoms with van der Waals surface area (Å²) in [4.78, 5) is 25.5. The van der Waals surface area contributed by atoms with Gasteiger partial charge in [-0.25, -0.2) is 8.42 Å². The lowest BCUT2D eigenvalue weighted by Crippen LogP contribution is -2.50. The number of amides is 2. The summed E-state index contributed by atoms with van der Waals surface area (Å²) in [6.45, 7) is 0.696. The minimum Gasteiger partial charge on any atom is -0.364 e. The number of benzene rings is 1. The summed E-state index contributed by atoms with van der Waals surface area (Å²) >= 11 is 11.9. The van der Waals surface area contributed by atoms with E-state index in [0.29, 0.717) is 15.6 Å². The first kappa shape index (κ1) is 20.7. The number of primary amides is 1. The van der Waals surface area contributed by atoms with Gasteiger partial charge < -0.3 is 15.2 Å².